The van der Waals surface area contributed by atoms with Gasteiger partial charge in [0.1, 0.15) is 11.2 Å². The third-order valence-electron chi connectivity index (χ3n) is 6.82. The molecule has 6 rings (SSSR count). The van der Waals surface area contributed by atoms with E-state index in [0.717, 1.165) is 11.1 Å². The van der Waals surface area contributed by atoms with Crippen LogP contribution in [0.15, 0.2) is 72.9 Å². The summed E-state index contributed by atoms with van der Waals surface area (Å²) in [5.41, 5.74) is 2.67. The van der Waals surface area contributed by atoms with Crippen molar-refractivity contribution in [3.8, 4) is 0 Å². The van der Waals surface area contributed by atoms with E-state index in [1.54, 1.807) is 46.1 Å². The molecule has 2 aliphatic rings. The summed E-state index contributed by atoms with van der Waals surface area (Å²) >= 11 is 18.5. The Morgan fingerprint density at radius 2 is 1.42 bits per heavy atom. The number of halogens is 3. The molecule has 0 aliphatic carbocycles. The van der Waals surface area contributed by atoms with E-state index >= 15 is 0 Å². The second kappa shape index (κ2) is 8.66. The quantitative estimate of drug-likeness (QED) is 0.344. The van der Waals surface area contributed by atoms with E-state index in [4.69, 9.17) is 34.8 Å². The molecule has 1 N–H and O–H groups in total. The Morgan fingerprint density at radius 3 is 2.08 bits per heavy atom. The van der Waals surface area contributed by atoms with E-state index in [9.17, 15) is 9.59 Å². The number of rotatable bonds is 4. The number of carbonyl (C=O) groups excluding carboxylic acids is 2. The maximum absolute atomic E-state index is 13.8. The Bertz CT molecular complexity index is 1520. The number of hydrogen-bond acceptors (Lipinski definition) is 3. The summed E-state index contributed by atoms with van der Waals surface area (Å²) in [7, 11) is 0. The zero-order valence-electron chi connectivity index (χ0n) is 18.8. The molecule has 1 unspecified atom stereocenters. The minimum absolute atomic E-state index is 0.0284. The number of nitrogens with one attached hydrogen (secondary N) is 1. The number of amides is 2. The zero-order chi connectivity index (χ0) is 25.0. The summed E-state index contributed by atoms with van der Waals surface area (Å²) in [6.07, 6.45) is 1.67. The Kier molecular flexibility index (Phi) is 5.56. The zero-order valence-corrected chi connectivity index (χ0v) is 21.1. The minimum Gasteiger partial charge on any atom is -0.325 e. The Hall–Kier alpha value is -3.32. The average Bonchev–Trinajstić information content (AvgIpc) is 3.39. The number of nitrogens with zero attached hydrogens (tertiary/aromatic N) is 3. The first kappa shape index (κ1) is 23.1. The van der Waals surface area contributed by atoms with Crippen LogP contribution in [0, 0.1) is 0 Å². The van der Waals surface area contributed by atoms with Crippen LogP contribution in [0.5, 0.6) is 0 Å². The molecule has 0 saturated carbocycles. The molecule has 3 heterocycles. The number of anilines is 2. The number of hydrogen-bond donors (Lipinski definition) is 1. The molecule has 9 heteroatoms. The van der Waals surface area contributed by atoms with Gasteiger partial charge in [0.15, 0.2) is 0 Å². The van der Waals surface area contributed by atoms with E-state index in [-0.39, 0.29) is 18.2 Å². The van der Waals surface area contributed by atoms with Gasteiger partial charge in [-0.05, 0) is 59.2 Å². The van der Waals surface area contributed by atoms with Crippen LogP contribution in [0.25, 0.3) is 0 Å². The van der Waals surface area contributed by atoms with Crippen LogP contribution in [0.1, 0.15) is 28.7 Å². The van der Waals surface area contributed by atoms with Crippen molar-refractivity contribution in [2.45, 2.75) is 24.9 Å². The Balaban J connectivity index is 1.52. The predicted molar refractivity (Wildman–Crippen MR) is 141 cm³/mol. The molecule has 1 spiro atoms. The molecule has 0 bridgehead atoms. The standard InChI is InChI=1S/C27H19Cl3N4O2/c28-18-5-1-16(2-6-18)14-33-24(35)12-27(21-11-20(30)9-10-23(21)32-26(27)36)22-13-31-34(25(22)33)15-17-3-7-19(29)8-4-17/h1-11,13H,12,14-15H2,(H,32,36). The second-order valence-corrected chi connectivity index (χ2v) is 10.3. The average molecular weight is 538 g/mol. The Morgan fingerprint density at radius 1 is 0.806 bits per heavy atom. The van der Waals surface area contributed by atoms with Gasteiger partial charge in [0.05, 0.1) is 25.7 Å². The summed E-state index contributed by atoms with van der Waals surface area (Å²) < 4.78 is 1.77. The lowest BCUT2D eigenvalue weighted by Gasteiger charge is -2.37. The predicted octanol–water partition coefficient (Wildman–Crippen LogP) is 6.07. The van der Waals surface area contributed by atoms with Gasteiger partial charge in [-0.1, -0.05) is 59.1 Å². The number of carbonyl (C=O) groups is 2. The van der Waals surface area contributed by atoms with Crippen molar-refractivity contribution in [2.75, 3.05) is 10.2 Å². The highest BCUT2D eigenvalue weighted by Crippen LogP contribution is 2.52. The Labute approximate surface area is 222 Å². The van der Waals surface area contributed by atoms with Gasteiger partial charge in [0.25, 0.3) is 0 Å². The summed E-state index contributed by atoms with van der Waals surface area (Å²) in [4.78, 5) is 29.0. The fourth-order valence-corrected chi connectivity index (χ4v) is 5.51. The molecule has 2 aliphatic heterocycles. The second-order valence-electron chi connectivity index (χ2n) is 9.00. The fourth-order valence-electron chi connectivity index (χ4n) is 5.09. The van der Waals surface area contributed by atoms with E-state index in [1.807, 2.05) is 36.4 Å². The molecule has 1 aromatic heterocycles. The monoisotopic (exact) mass is 536 g/mol. The molecule has 0 saturated heterocycles. The summed E-state index contributed by atoms with van der Waals surface area (Å²) in [5.74, 6) is 0.143. The van der Waals surface area contributed by atoms with Gasteiger partial charge >= 0.3 is 0 Å². The highest BCUT2D eigenvalue weighted by molar-refractivity contribution is 6.31. The van der Waals surface area contributed by atoms with Crippen LogP contribution in [-0.2, 0) is 28.1 Å². The molecule has 1 atom stereocenters. The minimum atomic E-state index is -1.21. The van der Waals surface area contributed by atoms with Gasteiger partial charge < -0.3 is 5.32 Å². The highest BCUT2D eigenvalue weighted by Gasteiger charge is 2.56. The lowest BCUT2D eigenvalue weighted by Crippen LogP contribution is -2.48. The van der Waals surface area contributed by atoms with E-state index in [2.05, 4.69) is 10.4 Å². The van der Waals surface area contributed by atoms with Crippen LogP contribution in [0.4, 0.5) is 11.5 Å². The molecule has 180 valence electrons. The van der Waals surface area contributed by atoms with E-state index in [1.165, 1.54) is 0 Å². The van der Waals surface area contributed by atoms with E-state index < -0.39 is 5.41 Å². The van der Waals surface area contributed by atoms with Crippen molar-refractivity contribution >= 4 is 58.1 Å². The first-order valence-corrected chi connectivity index (χ1v) is 12.5. The third kappa shape index (κ3) is 3.68. The third-order valence-corrected chi connectivity index (χ3v) is 7.56. The SMILES string of the molecule is O=C1CC2(C(=O)Nc3ccc(Cl)cc32)c2cnn(Cc3ccc(Cl)cc3)c2N1Cc1ccc(Cl)cc1. The van der Waals surface area contributed by atoms with Crippen molar-refractivity contribution in [1.29, 1.82) is 0 Å². The number of benzene rings is 3. The molecule has 2 amide bonds. The van der Waals surface area contributed by atoms with Crippen molar-refractivity contribution in [3.63, 3.8) is 0 Å². The topological polar surface area (TPSA) is 67.2 Å². The van der Waals surface area contributed by atoms with Crippen molar-refractivity contribution < 1.29 is 9.59 Å². The van der Waals surface area contributed by atoms with Crippen molar-refractivity contribution in [2.24, 2.45) is 0 Å². The molecular formula is C27H19Cl3N4O2. The van der Waals surface area contributed by atoms with Crippen LogP contribution in [0.2, 0.25) is 15.1 Å². The molecule has 36 heavy (non-hydrogen) atoms. The molecule has 6 nitrogen and oxygen atoms in total. The molecular weight excluding hydrogens is 519 g/mol. The smallest absolute Gasteiger partial charge is 0.240 e. The maximum atomic E-state index is 13.8. The summed E-state index contributed by atoms with van der Waals surface area (Å²) in [5, 5.41) is 9.36. The first-order valence-electron chi connectivity index (χ1n) is 11.3. The van der Waals surface area contributed by atoms with E-state index in [0.29, 0.717) is 50.8 Å². The van der Waals surface area contributed by atoms with Gasteiger partial charge in [-0.25, -0.2) is 4.68 Å². The summed E-state index contributed by atoms with van der Waals surface area (Å²) in [6.45, 7) is 0.715. The fraction of sp³-hybridized carbons (Fsp3) is 0.148. The van der Waals surface area contributed by atoms with Crippen LogP contribution in [-0.4, -0.2) is 21.6 Å². The molecule has 0 fully saturated rings. The van der Waals surface area contributed by atoms with Crippen LogP contribution in [0.3, 0.4) is 0 Å². The molecule has 3 aromatic carbocycles. The van der Waals surface area contributed by atoms with Gasteiger partial charge in [-0.2, -0.15) is 5.10 Å². The summed E-state index contributed by atoms with van der Waals surface area (Å²) in [6, 6.07) is 20.1. The van der Waals surface area contributed by atoms with Crippen molar-refractivity contribution in [1.82, 2.24) is 9.78 Å². The number of fused-ring (bicyclic) bond motifs is 4. The molecule has 4 aromatic rings. The van der Waals surface area contributed by atoms with Crippen LogP contribution < -0.4 is 10.2 Å². The van der Waals surface area contributed by atoms with Gasteiger partial charge in [0, 0.05) is 26.3 Å². The number of aromatic nitrogens is 2. The van der Waals surface area contributed by atoms with Crippen LogP contribution >= 0.6 is 34.8 Å². The lowest BCUT2D eigenvalue weighted by atomic mass is 9.71. The van der Waals surface area contributed by atoms with Gasteiger partial charge in [-0.3, -0.25) is 14.5 Å². The van der Waals surface area contributed by atoms with Gasteiger partial charge in [-0.15, -0.1) is 0 Å². The first-order chi connectivity index (χ1) is 17.3. The largest absolute Gasteiger partial charge is 0.325 e. The van der Waals surface area contributed by atoms with Crippen molar-refractivity contribution in [3.05, 3.63) is 110 Å². The lowest BCUT2D eigenvalue weighted by molar-refractivity contribution is -0.126. The normalized spacial score (nSPS) is 18.4. The van der Waals surface area contributed by atoms with Gasteiger partial charge in [0.2, 0.25) is 11.8 Å². The highest BCUT2D eigenvalue weighted by atomic mass is 35.5. The molecule has 0 radical (unpaired) electrons. The maximum Gasteiger partial charge on any atom is 0.240 e.